The highest BCUT2D eigenvalue weighted by molar-refractivity contribution is 7.90. The molecule has 1 aromatic carbocycles. The number of nitrogens with one attached hydrogen (secondary N) is 1. The highest BCUT2D eigenvalue weighted by Gasteiger charge is 2.26. The van der Waals surface area contributed by atoms with E-state index in [9.17, 15) is 13.2 Å². The molecule has 0 saturated heterocycles. The van der Waals surface area contributed by atoms with Crippen molar-refractivity contribution in [2.75, 3.05) is 0 Å². The number of aromatic hydroxyl groups is 1. The smallest absolute Gasteiger partial charge is 0.322 e. The molecule has 0 heterocycles. The number of carbonyl (C=O) groups is 1. The molecule has 106 valence electrons. The van der Waals surface area contributed by atoms with Gasteiger partial charge < -0.3 is 10.2 Å². The lowest BCUT2D eigenvalue weighted by molar-refractivity contribution is -0.138. The Kier molecular flexibility index (Phi) is 4.90. The van der Waals surface area contributed by atoms with Crippen LogP contribution in [-0.4, -0.2) is 35.9 Å². The molecule has 0 aromatic heterocycles. The maximum atomic E-state index is 11.7. The van der Waals surface area contributed by atoms with Crippen LogP contribution in [0, 0.1) is 0 Å². The van der Waals surface area contributed by atoms with Gasteiger partial charge in [0.25, 0.3) is 0 Å². The van der Waals surface area contributed by atoms with Crippen molar-refractivity contribution in [2.24, 2.45) is 0 Å². The molecule has 0 aliphatic carbocycles. The first kappa shape index (κ1) is 15.5. The Morgan fingerprint density at radius 3 is 2.21 bits per heavy atom. The zero-order valence-electron chi connectivity index (χ0n) is 10.7. The molecule has 19 heavy (non-hydrogen) atoms. The van der Waals surface area contributed by atoms with Gasteiger partial charge in [0.2, 0.25) is 10.0 Å². The molecule has 0 spiro atoms. The van der Waals surface area contributed by atoms with Crippen LogP contribution in [-0.2, 0) is 21.2 Å². The number of sulfonamides is 1. The monoisotopic (exact) mass is 287 g/mol. The molecule has 7 heteroatoms. The minimum Gasteiger partial charge on any atom is -0.508 e. The number of phenolic OH excluding ortho intramolecular Hbond substituents is 1. The maximum absolute atomic E-state index is 11.7. The van der Waals surface area contributed by atoms with Crippen LogP contribution in [0.1, 0.15) is 19.4 Å². The molecular weight excluding hydrogens is 270 g/mol. The van der Waals surface area contributed by atoms with E-state index in [1.807, 2.05) is 0 Å². The minimum atomic E-state index is -3.65. The summed E-state index contributed by atoms with van der Waals surface area (Å²) >= 11 is 0. The van der Waals surface area contributed by atoms with Crippen molar-refractivity contribution in [1.29, 1.82) is 0 Å². The van der Waals surface area contributed by atoms with Crippen LogP contribution >= 0.6 is 0 Å². The predicted molar refractivity (Wildman–Crippen MR) is 70.4 cm³/mol. The first-order valence-corrected chi connectivity index (χ1v) is 7.29. The van der Waals surface area contributed by atoms with Crippen LogP contribution in [0.25, 0.3) is 0 Å². The SMILES string of the molecule is CC(C)S(=O)(=O)N[C@@H](Cc1ccc(O)cc1)C(=O)O. The molecule has 0 unspecified atom stereocenters. The Hall–Kier alpha value is -1.60. The standard InChI is InChI=1S/C12H17NO5S/c1-8(2)19(17,18)13-11(12(15)16)7-9-3-5-10(14)6-4-9/h3-6,8,11,13-14H,7H2,1-2H3,(H,15,16)/t11-/m0/s1. The zero-order valence-corrected chi connectivity index (χ0v) is 11.5. The summed E-state index contributed by atoms with van der Waals surface area (Å²) in [6.45, 7) is 2.95. The van der Waals surface area contributed by atoms with Gasteiger partial charge in [0, 0.05) is 0 Å². The summed E-state index contributed by atoms with van der Waals surface area (Å²) in [6.07, 6.45) is 0.0154. The van der Waals surface area contributed by atoms with E-state index in [-0.39, 0.29) is 12.2 Å². The van der Waals surface area contributed by atoms with Crippen molar-refractivity contribution >= 4 is 16.0 Å². The second-order valence-corrected chi connectivity index (χ2v) is 6.74. The van der Waals surface area contributed by atoms with E-state index in [2.05, 4.69) is 4.72 Å². The Bertz CT molecular complexity index is 536. The van der Waals surface area contributed by atoms with E-state index in [0.29, 0.717) is 5.56 Å². The van der Waals surface area contributed by atoms with E-state index in [1.165, 1.54) is 26.0 Å². The summed E-state index contributed by atoms with van der Waals surface area (Å²) in [7, 11) is -3.65. The van der Waals surface area contributed by atoms with Crippen LogP contribution in [0.5, 0.6) is 5.75 Å². The maximum Gasteiger partial charge on any atom is 0.322 e. The second kappa shape index (κ2) is 6.03. The summed E-state index contributed by atoms with van der Waals surface area (Å²) in [6, 6.07) is 4.72. The number of hydrogen-bond acceptors (Lipinski definition) is 4. The number of carboxylic acid groups (broad SMARTS) is 1. The van der Waals surface area contributed by atoms with Crippen molar-refractivity contribution in [3.8, 4) is 5.75 Å². The zero-order chi connectivity index (χ0) is 14.6. The van der Waals surface area contributed by atoms with E-state index < -0.39 is 27.3 Å². The van der Waals surface area contributed by atoms with Crippen LogP contribution in [0.2, 0.25) is 0 Å². The molecule has 1 rings (SSSR count). The van der Waals surface area contributed by atoms with Gasteiger partial charge in [-0.15, -0.1) is 0 Å². The highest BCUT2D eigenvalue weighted by atomic mass is 32.2. The quantitative estimate of drug-likeness (QED) is 0.715. The van der Waals surface area contributed by atoms with E-state index in [0.717, 1.165) is 0 Å². The average molecular weight is 287 g/mol. The largest absolute Gasteiger partial charge is 0.508 e. The summed E-state index contributed by atoms with van der Waals surface area (Å²) in [4.78, 5) is 11.1. The Morgan fingerprint density at radius 2 is 1.79 bits per heavy atom. The molecule has 0 radical (unpaired) electrons. The van der Waals surface area contributed by atoms with Gasteiger partial charge in [0.1, 0.15) is 11.8 Å². The summed E-state index contributed by atoms with van der Waals surface area (Å²) in [5.74, 6) is -1.17. The number of phenols is 1. The summed E-state index contributed by atoms with van der Waals surface area (Å²) < 4.78 is 25.5. The fourth-order valence-electron chi connectivity index (χ4n) is 1.38. The Morgan fingerprint density at radius 1 is 1.26 bits per heavy atom. The van der Waals surface area contributed by atoms with Crippen LogP contribution in [0.4, 0.5) is 0 Å². The average Bonchev–Trinajstić information content (AvgIpc) is 2.30. The fourth-order valence-corrected chi connectivity index (χ4v) is 2.23. The third-order valence-corrected chi connectivity index (χ3v) is 4.46. The van der Waals surface area contributed by atoms with Gasteiger partial charge in [0.05, 0.1) is 5.25 Å². The lowest BCUT2D eigenvalue weighted by atomic mass is 10.1. The number of carboxylic acids is 1. The second-order valence-electron chi connectivity index (χ2n) is 4.47. The molecule has 1 atom stereocenters. The van der Waals surface area contributed by atoms with Crippen LogP contribution < -0.4 is 4.72 Å². The Balaban J connectivity index is 2.85. The number of benzene rings is 1. The lowest BCUT2D eigenvalue weighted by Crippen LogP contribution is -2.44. The molecule has 1 aromatic rings. The van der Waals surface area contributed by atoms with Gasteiger partial charge in [-0.1, -0.05) is 12.1 Å². The van der Waals surface area contributed by atoms with Crippen molar-refractivity contribution in [1.82, 2.24) is 4.72 Å². The number of hydrogen-bond donors (Lipinski definition) is 3. The predicted octanol–water partition coefficient (Wildman–Crippen LogP) is 0.716. The minimum absolute atomic E-state index is 0.0154. The third kappa shape index (κ3) is 4.53. The van der Waals surface area contributed by atoms with E-state index >= 15 is 0 Å². The highest BCUT2D eigenvalue weighted by Crippen LogP contribution is 2.12. The first-order valence-electron chi connectivity index (χ1n) is 5.74. The van der Waals surface area contributed by atoms with E-state index in [4.69, 9.17) is 10.2 Å². The fraction of sp³-hybridized carbons (Fsp3) is 0.417. The normalized spacial score (nSPS) is 13.4. The molecular formula is C12H17NO5S. The van der Waals surface area contributed by atoms with Crippen molar-refractivity contribution < 1.29 is 23.4 Å². The third-order valence-electron chi connectivity index (χ3n) is 2.60. The molecule has 0 aliphatic heterocycles. The molecule has 0 fully saturated rings. The van der Waals surface area contributed by atoms with Crippen molar-refractivity contribution in [3.05, 3.63) is 29.8 Å². The lowest BCUT2D eigenvalue weighted by Gasteiger charge is -2.16. The van der Waals surface area contributed by atoms with E-state index in [1.54, 1.807) is 12.1 Å². The number of rotatable bonds is 6. The molecule has 3 N–H and O–H groups in total. The van der Waals surface area contributed by atoms with Gasteiger partial charge in [-0.2, -0.15) is 0 Å². The first-order chi connectivity index (χ1) is 8.72. The van der Waals surface area contributed by atoms with Crippen molar-refractivity contribution in [2.45, 2.75) is 31.6 Å². The van der Waals surface area contributed by atoms with Crippen molar-refractivity contribution in [3.63, 3.8) is 0 Å². The summed E-state index contributed by atoms with van der Waals surface area (Å²) in [5.41, 5.74) is 0.622. The molecule has 0 saturated carbocycles. The molecule has 6 nitrogen and oxygen atoms in total. The number of aliphatic carboxylic acids is 1. The van der Waals surface area contributed by atoms with Gasteiger partial charge >= 0.3 is 5.97 Å². The Labute approximate surface area is 112 Å². The van der Waals surface area contributed by atoms with Gasteiger partial charge in [-0.3, -0.25) is 4.79 Å². The molecule has 0 amide bonds. The van der Waals surface area contributed by atoms with Gasteiger partial charge in [-0.25, -0.2) is 13.1 Å². The van der Waals surface area contributed by atoms with Crippen LogP contribution in [0.15, 0.2) is 24.3 Å². The topological polar surface area (TPSA) is 104 Å². The van der Waals surface area contributed by atoms with Crippen LogP contribution in [0.3, 0.4) is 0 Å². The van der Waals surface area contributed by atoms with Gasteiger partial charge in [0.15, 0.2) is 0 Å². The molecule has 0 aliphatic rings. The van der Waals surface area contributed by atoms with Gasteiger partial charge in [-0.05, 0) is 38.0 Å². The summed E-state index contributed by atoms with van der Waals surface area (Å²) in [5, 5.41) is 17.5. The molecule has 0 bridgehead atoms.